The minimum atomic E-state index is -3.61. The fraction of sp³-hybridized carbons (Fsp3) is 0.333. The van der Waals surface area contributed by atoms with Crippen molar-refractivity contribution < 1.29 is 26.3 Å². The Kier molecular flexibility index (Phi) is 4.79. The standard InChI is InChI=1S/C9H11F3N2O3S/c10-7-5-6(14-3-4-18(13,15)16)1-2-8(7)17-9(11)12/h1-2,5,9,14H,3-4H2,(H2,13,15,16). The zero-order valence-corrected chi connectivity index (χ0v) is 9.88. The lowest BCUT2D eigenvalue weighted by Gasteiger charge is -2.09. The number of primary sulfonamides is 1. The average molecular weight is 284 g/mol. The Morgan fingerprint density at radius 2 is 2.06 bits per heavy atom. The van der Waals surface area contributed by atoms with Crippen LogP contribution in [0.5, 0.6) is 5.75 Å². The van der Waals surface area contributed by atoms with Crippen LogP contribution in [0, 0.1) is 5.82 Å². The van der Waals surface area contributed by atoms with E-state index in [-0.39, 0.29) is 18.0 Å². The maximum atomic E-state index is 13.2. The van der Waals surface area contributed by atoms with Crippen LogP contribution in [0.3, 0.4) is 0 Å². The summed E-state index contributed by atoms with van der Waals surface area (Å²) >= 11 is 0. The van der Waals surface area contributed by atoms with Crippen molar-refractivity contribution in [3.63, 3.8) is 0 Å². The molecule has 0 radical (unpaired) electrons. The molecule has 0 atom stereocenters. The summed E-state index contributed by atoms with van der Waals surface area (Å²) in [6.07, 6.45) is 0. The number of rotatable bonds is 6. The monoisotopic (exact) mass is 284 g/mol. The molecule has 0 aromatic heterocycles. The predicted molar refractivity (Wildman–Crippen MR) is 59.5 cm³/mol. The lowest BCUT2D eigenvalue weighted by atomic mass is 10.3. The smallest absolute Gasteiger partial charge is 0.387 e. The first-order valence-electron chi connectivity index (χ1n) is 4.76. The van der Waals surface area contributed by atoms with E-state index in [4.69, 9.17) is 5.14 Å². The highest BCUT2D eigenvalue weighted by molar-refractivity contribution is 7.89. The lowest BCUT2D eigenvalue weighted by molar-refractivity contribution is -0.0521. The van der Waals surface area contributed by atoms with Crippen molar-refractivity contribution in [1.29, 1.82) is 0 Å². The van der Waals surface area contributed by atoms with Gasteiger partial charge in [0.15, 0.2) is 11.6 Å². The van der Waals surface area contributed by atoms with Crippen molar-refractivity contribution in [3.8, 4) is 5.75 Å². The Hall–Kier alpha value is -1.48. The van der Waals surface area contributed by atoms with Crippen LogP contribution in [0.25, 0.3) is 0 Å². The van der Waals surface area contributed by atoms with Gasteiger partial charge in [-0.3, -0.25) is 0 Å². The number of nitrogens with one attached hydrogen (secondary N) is 1. The van der Waals surface area contributed by atoms with E-state index in [1.807, 2.05) is 0 Å². The van der Waals surface area contributed by atoms with Gasteiger partial charge in [0.25, 0.3) is 0 Å². The molecule has 3 N–H and O–H groups in total. The normalized spacial score (nSPS) is 11.6. The van der Waals surface area contributed by atoms with Crippen molar-refractivity contribution >= 4 is 15.7 Å². The Morgan fingerprint density at radius 1 is 1.39 bits per heavy atom. The molecule has 5 nitrogen and oxygen atoms in total. The van der Waals surface area contributed by atoms with Crippen LogP contribution in [0.1, 0.15) is 0 Å². The molecule has 1 aromatic carbocycles. The summed E-state index contributed by atoms with van der Waals surface area (Å²) in [4.78, 5) is 0. The van der Waals surface area contributed by atoms with E-state index in [2.05, 4.69) is 10.1 Å². The van der Waals surface area contributed by atoms with Gasteiger partial charge in [-0.25, -0.2) is 17.9 Å². The Bertz CT molecular complexity index is 508. The van der Waals surface area contributed by atoms with Crippen LogP contribution in [0.15, 0.2) is 18.2 Å². The number of alkyl halides is 2. The number of benzene rings is 1. The average Bonchev–Trinajstić information content (AvgIpc) is 2.19. The molecule has 0 bridgehead atoms. The van der Waals surface area contributed by atoms with Gasteiger partial charge in [-0.2, -0.15) is 8.78 Å². The molecule has 0 aliphatic heterocycles. The molecule has 0 aliphatic rings. The van der Waals surface area contributed by atoms with Crippen molar-refractivity contribution in [2.75, 3.05) is 17.6 Å². The van der Waals surface area contributed by atoms with E-state index in [1.165, 1.54) is 6.07 Å². The second kappa shape index (κ2) is 5.91. The fourth-order valence-electron chi connectivity index (χ4n) is 1.14. The van der Waals surface area contributed by atoms with Gasteiger partial charge in [0.1, 0.15) is 0 Å². The van der Waals surface area contributed by atoms with Crippen LogP contribution in [-0.4, -0.2) is 27.3 Å². The number of halogens is 3. The molecule has 0 spiro atoms. The zero-order valence-electron chi connectivity index (χ0n) is 9.07. The first kappa shape index (κ1) is 14.6. The van der Waals surface area contributed by atoms with Gasteiger partial charge in [-0.1, -0.05) is 0 Å². The molecule has 1 rings (SSSR count). The predicted octanol–water partition coefficient (Wildman–Crippen LogP) is 1.13. The van der Waals surface area contributed by atoms with E-state index in [1.54, 1.807) is 0 Å². The van der Waals surface area contributed by atoms with Crippen molar-refractivity contribution in [3.05, 3.63) is 24.0 Å². The number of nitrogens with two attached hydrogens (primary N) is 1. The quantitative estimate of drug-likeness (QED) is 0.820. The second-order valence-corrected chi connectivity index (χ2v) is 5.05. The second-order valence-electron chi connectivity index (χ2n) is 3.32. The maximum absolute atomic E-state index is 13.2. The summed E-state index contributed by atoms with van der Waals surface area (Å²) in [6.45, 7) is -3.13. The first-order chi connectivity index (χ1) is 8.28. The highest BCUT2D eigenvalue weighted by atomic mass is 32.2. The molecule has 0 fully saturated rings. The highest BCUT2D eigenvalue weighted by Crippen LogP contribution is 2.22. The molecule has 0 amide bonds. The molecular formula is C9H11F3N2O3S. The molecule has 1 aromatic rings. The third-order valence-corrected chi connectivity index (χ3v) is 2.64. The van der Waals surface area contributed by atoms with Crippen molar-refractivity contribution in [2.45, 2.75) is 6.61 Å². The number of hydrogen-bond acceptors (Lipinski definition) is 4. The summed E-state index contributed by atoms with van der Waals surface area (Å²) < 4.78 is 62.1. The summed E-state index contributed by atoms with van der Waals surface area (Å²) in [6, 6.07) is 3.21. The van der Waals surface area contributed by atoms with Gasteiger partial charge in [0.2, 0.25) is 10.0 Å². The van der Waals surface area contributed by atoms with Gasteiger partial charge >= 0.3 is 6.61 Å². The Labute approximate surface area is 102 Å². The molecule has 0 aliphatic carbocycles. The molecule has 0 saturated carbocycles. The van der Waals surface area contributed by atoms with Gasteiger partial charge in [0.05, 0.1) is 5.75 Å². The van der Waals surface area contributed by atoms with Gasteiger partial charge in [-0.15, -0.1) is 0 Å². The molecular weight excluding hydrogens is 273 g/mol. The largest absolute Gasteiger partial charge is 0.432 e. The van der Waals surface area contributed by atoms with E-state index in [0.29, 0.717) is 0 Å². The number of sulfonamides is 1. The van der Waals surface area contributed by atoms with Crippen LogP contribution in [-0.2, 0) is 10.0 Å². The number of ether oxygens (including phenoxy) is 1. The fourth-order valence-corrected chi connectivity index (χ4v) is 1.53. The van der Waals surface area contributed by atoms with Gasteiger partial charge in [0, 0.05) is 18.3 Å². The molecule has 0 unspecified atom stereocenters. The lowest BCUT2D eigenvalue weighted by Crippen LogP contribution is -2.22. The van der Waals surface area contributed by atoms with Crippen LogP contribution < -0.4 is 15.2 Å². The number of hydrogen-bond donors (Lipinski definition) is 2. The SMILES string of the molecule is NS(=O)(=O)CCNc1ccc(OC(F)F)c(F)c1. The Morgan fingerprint density at radius 3 is 2.56 bits per heavy atom. The van der Waals surface area contributed by atoms with E-state index in [0.717, 1.165) is 12.1 Å². The molecule has 102 valence electrons. The van der Waals surface area contributed by atoms with Crippen LogP contribution >= 0.6 is 0 Å². The minimum absolute atomic E-state index is 0.0205. The van der Waals surface area contributed by atoms with E-state index >= 15 is 0 Å². The summed E-state index contributed by atoms with van der Waals surface area (Å²) in [5.41, 5.74) is 0.234. The highest BCUT2D eigenvalue weighted by Gasteiger charge is 2.10. The first-order valence-corrected chi connectivity index (χ1v) is 6.48. The summed E-state index contributed by atoms with van der Waals surface area (Å²) in [5, 5.41) is 7.34. The minimum Gasteiger partial charge on any atom is -0.432 e. The topological polar surface area (TPSA) is 81.4 Å². The van der Waals surface area contributed by atoms with Gasteiger partial charge in [-0.05, 0) is 12.1 Å². The van der Waals surface area contributed by atoms with E-state index < -0.39 is 28.2 Å². The summed E-state index contributed by atoms with van der Waals surface area (Å²) in [7, 11) is -3.61. The van der Waals surface area contributed by atoms with Crippen LogP contribution in [0.4, 0.5) is 18.9 Å². The van der Waals surface area contributed by atoms with Gasteiger partial charge < -0.3 is 10.1 Å². The third-order valence-electron chi connectivity index (χ3n) is 1.86. The number of anilines is 1. The molecule has 18 heavy (non-hydrogen) atoms. The van der Waals surface area contributed by atoms with Crippen LogP contribution in [0.2, 0.25) is 0 Å². The zero-order chi connectivity index (χ0) is 13.8. The maximum Gasteiger partial charge on any atom is 0.387 e. The van der Waals surface area contributed by atoms with Crippen molar-refractivity contribution in [2.24, 2.45) is 5.14 Å². The molecule has 0 heterocycles. The Balaban J connectivity index is 2.61. The molecule has 0 saturated heterocycles. The van der Waals surface area contributed by atoms with Crippen molar-refractivity contribution in [1.82, 2.24) is 0 Å². The molecule has 9 heteroatoms. The third kappa shape index (κ3) is 5.23. The van der Waals surface area contributed by atoms with E-state index in [9.17, 15) is 21.6 Å². The summed E-state index contributed by atoms with van der Waals surface area (Å²) in [5.74, 6) is -1.89.